The van der Waals surface area contributed by atoms with Gasteiger partial charge in [-0.15, -0.1) is 0 Å². The predicted octanol–water partition coefficient (Wildman–Crippen LogP) is 0.310. The van der Waals surface area contributed by atoms with E-state index in [-0.39, 0.29) is 6.10 Å². The van der Waals surface area contributed by atoms with Gasteiger partial charge in [-0.25, -0.2) is 0 Å². The van der Waals surface area contributed by atoms with Gasteiger partial charge in [0.1, 0.15) is 0 Å². The molecule has 0 spiro atoms. The number of aliphatic hydroxyl groups is 1. The average molecular weight is 116 g/mol. The lowest BCUT2D eigenvalue weighted by Gasteiger charge is -2.03. The molecule has 0 bridgehead atoms. The number of unbranched alkanes of at least 4 members (excludes halogenated alkanes) is 1. The normalized spacial score (nSPS) is 13.9. The second-order valence-corrected chi connectivity index (χ2v) is 1.89. The van der Waals surface area contributed by atoms with Crippen LogP contribution in [0.5, 0.6) is 0 Å². The second-order valence-electron chi connectivity index (χ2n) is 1.89. The van der Waals surface area contributed by atoms with Crippen molar-refractivity contribution in [1.82, 2.24) is 0 Å². The van der Waals surface area contributed by atoms with Crippen molar-refractivity contribution < 1.29 is 5.11 Å². The first-order valence-electron chi connectivity index (χ1n) is 2.98. The standard InChI is InChI=1S/C6H14NO/c1-2-3-4-6(8)5-7/h6,8H,1-5,7H2. The first-order chi connectivity index (χ1) is 3.81. The molecule has 3 N–H and O–H groups in total. The summed E-state index contributed by atoms with van der Waals surface area (Å²) in [7, 11) is 0. The molecule has 0 rings (SSSR count). The molecule has 49 valence electrons. The Morgan fingerprint density at radius 2 is 2.25 bits per heavy atom. The highest BCUT2D eigenvalue weighted by atomic mass is 16.3. The highest BCUT2D eigenvalue weighted by Crippen LogP contribution is 1.96. The minimum atomic E-state index is -0.309. The zero-order valence-corrected chi connectivity index (χ0v) is 5.14. The van der Waals surface area contributed by atoms with Gasteiger partial charge in [0.15, 0.2) is 0 Å². The third-order valence-electron chi connectivity index (χ3n) is 1.06. The summed E-state index contributed by atoms with van der Waals surface area (Å²) in [5.41, 5.74) is 5.14. The summed E-state index contributed by atoms with van der Waals surface area (Å²) in [6.07, 6.45) is 2.34. The van der Waals surface area contributed by atoms with Gasteiger partial charge in [-0.1, -0.05) is 19.8 Å². The maximum Gasteiger partial charge on any atom is 0.0662 e. The lowest BCUT2D eigenvalue weighted by atomic mass is 10.2. The van der Waals surface area contributed by atoms with Gasteiger partial charge in [0.2, 0.25) is 0 Å². The van der Waals surface area contributed by atoms with Crippen LogP contribution in [-0.4, -0.2) is 17.8 Å². The Hall–Kier alpha value is -0.0800. The summed E-state index contributed by atoms with van der Waals surface area (Å²) in [4.78, 5) is 0. The predicted molar refractivity (Wildman–Crippen MR) is 34.3 cm³/mol. The maximum atomic E-state index is 8.84. The minimum Gasteiger partial charge on any atom is -0.392 e. The van der Waals surface area contributed by atoms with Crippen LogP contribution in [0.15, 0.2) is 0 Å². The van der Waals surface area contributed by atoms with Crippen LogP contribution in [0.1, 0.15) is 19.3 Å². The van der Waals surface area contributed by atoms with Gasteiger partial charge in [-0.2, -0.15) is 0 Å². The summed E-state index contributed by atoms with van der Waals surface area (Å²) in [6, 6.07) is 0. The van der Waals surface area contributed by atoms with Crippen molar-refractivity contribution in [3.05, 3.63) is 6.92 Å². The Balaban J connectivity index is 2.86. The summed E-state index contributed by atoms with van der Waals surface area (Å²) in [6.45, 7) is 4.02. The summed E-state index contributed by atoms with van der Waals surface area (Å²) in [5, 5.41) is 8.84. The summed E-state index contributed by atoms with van der Waals surface area (Å²) >= 11 is 0. The number of nitrogens with two attached hydrogens (primary N) is 1. The molecule has 0 aromatic carbocycles. The number of aliphatic hydroxyl groups excluding tert-OH is 1. The molecular formula is C6H14NO. The number of hydrogen-bond acceptors (Lipinski definition) is 2. The van der Waals surface area contributed by atoms with E-state index in [1.54, 1.807) is 0 Å². The van der Waals surface area contributed by atoms with Gasteiger partial charge in [-0.3, -0.25) is 0 Å². The lowest BCUT2D eigenvalue weighted by molar-refractivity contribution is 0.170. The molecule has 8 heavy (non-hydrogen) atoms. The summed E-state index contributed by atoms with van der Waals surface area (Å²) in [5.74, 6) is 0. The monoisotopic (exact) mass is 116 g/mol. The lowest BCUT2D eigenvalue weighted by Crippen LogP contribution is -2.18. The molecule has 0 aliphatic carbocycles. The van der Waals surface area contributed by atoms with Crippen molar-refractivity contribution in [3.63, 3.8) is 0 Å². The van der Waals surface area contributed by atoms with Gasteiger partial charge >= 0.3 is 0 Å². The van der Waals surface area contributed by atoms with E-state index in [1.165, 1.54) is 0 Å². The van der Waals surface area contributed by atoms with Crippen molar-refractivity contribution in [2.24, 2.45) is 5.73 Å². The van der Waals surface area contributed by atoms with E-state index < -0.39 is 0 Å². The molecule has 0 aliphatic heterocycles. The van der Waals surface area contributed by atoms with Crippen molar-refractivity contribution in [3.8, 4) is 0 Å². The molecule has 0 saturated carbocycles. The molecule has 0 aliphatic rings. The highest BCUT2D eigenvalue weighted by molar-refractivity contribution is 4.55. The Labute approximate surface area is 50.7 Å². The topological polar surface area (TPSA) is 46.2 Å². The van der Waals surface area contributed by atoms with E-state index in [0.717, 1.165) is 19.3 Å². The molecule has 2 heteroatoms. The van der Waals surface area contributed by atoms with E-state index in [0.29, 0.717) is 6.54 Å². The average Bonchev–Trinajstić information content (AvgIpc) is 1.83. The zero-order chi connectivity index (χ0) is 6.41. The van der Waals surface area contributed by atoms with E-state index in [9.17, 15) is 0 Å². The fourth-order valence-electron chi connectivity index (χ4n) is 0.498. The smallest absolute Gasteiger partial charge is 0.0662 e. The summed E-state index contributed by atoms with van der Waals surface area (Å²) < 4.78 is 0. The second kappa shape index (κ2) is 5.06. The maximum absolute atomic E-state index is 8.84. The van der Waals surface area contributed by atoms with Crippen LogP contribution in [0.4, 0.5) is 0 Å². The Morgan fingerprint density at radius 1 is 1.62 bits per heavy atom. The Bertz CT molecular complexity index is 47.8. The van der Waals surface area contributed by atoms with Crippen molar-refractivity contribution >= 4 is 0 Å². The van der Waals surface area contributed by atoms with E-state index in [2.05, 4.69) is 6.92 Å². The van der Waals surface area contributed by atoms with Gasteiger partial charge in [0.25, 0.3) is 0 Å². The first kappa shape index (κ1) is 7.92. The van der Waals surface area contributed by atoms with Crippen LogP contribution in [0.3, 0.4) is 0 Å². The largest absolute Gasteiger partial charge is 0.392 e. The molecule has 1 unspecified atom stereocenters. The molecular weight excluding hydrogens is 102 g/mol. The van der Waals surface area contributed by atoms with Gasteiger partial charge in [0, 0.05) is 6.54 Å². The van der Waals surface area contributed by atoms with E-state index >= 15 is 0 Å². The van der Waals surface area contributed by atoms with Crippen LogP contribution in [-0.2, 0) is 0 Å². The van der Waals surface area contributed by atoms with Crippen molar-refractivity contribution in [2.75, 3.05) is 6.54 Å². The molecule has 0 saturated heterocycles. The molecule has 0 amide bonds. The fraction of sp³-hybridized carbons (Fsp3) is 0.833. The molecule has 1 radical (unpaired) electrons. The number of hydrogen-bond donors (Lipinski definition) is 2. The molecule has 0 heterocycles. The van der Waals surface area contributed by atoms with Crippen molar-refractivity contribution in [2.45, 2.75) is 25.4 Å². The fourth-order valence-corrected chi connectivity index (χ4v) is 0.498. The number of rotatable bonds is 4. The molecule has 1 atom stereocenters. The molecule has 0 aromatic heterocycles. The van der Waals surface area contributed by atoms with Crippen LogP contribution in [0, 0.1) is 6.92 Å². The third kappa shape index (κ3) is 4.09. The third-order valence-corrected chi connectivity index (χ3v) is 1.06. The van der Waals surface area contributed by atoms with E-state index in [4.69, 9.17) is 10.8 Å². The van der Waals surface area contributed by atoms with Crippen LogP contribution < -0.4 is 5.73 Å². The minimum absolute atomic E-state index is 0.309. The van der Waals surface area contributed by atoms with Crippen LogP contribution >= 0.6 is 0 Å². The van der Waals surface area contributed by atoms with Crippen molar-refractivity contribution in [1.29, 1.82) is 0 Å². The van der Waals surface area contributed by atoms with Crippen LogP contribution in [0.25, 0.3) is 0 Å². The Morgan fingerprint density at radius 3 is 2.62 bits per heavy atom. The zero-order valence-electron chi connectivity index (χ0n) is 5.14. The van der Waals surface area contributed by atoms with Gasteiger partial charge in [0.05, 0.1) is 6.10 Å². The molecule has 0 fully saturated rings. The van der Waals surface area contributed by atoms with E-state index in [1.807, 2.05) is 0 Å². The molecule has 2 nitrogen and oxygen atoms in total. The SMILES string of the molecule is [CH2]CCCC(O)CN. The van der Waals surface area contributed by atoms with Gasteiger partial charge < -0.3 is 10.8 Å². The first-order valence-corrected chi connectivity index (χ1v) is 2.98. The molecule has 0 aromatic rings. The van der Waals surface area contributed by atoms with Gasteiger partial charge in [-0.05, 0) is 6.42 Å². The Kier molecular flexibility index (Phi) is 5.01. The highest BCUT2D eigenvalue weighted by Gasteiger charge is 1.96. The van der Waals surface area contributed by atoms with Crippen LogP contribution in [0.2, 0.25) is 0 Å². The quantitative estimate of drug-likeness (QED) is 0.555.